The Morgan fingerprint density at radius 3 is 2.35 bits per heavy atom. The predicted molar refractivity (Wildman–Crippen MR) is 64.4 cm³/mol. The van der Waals surface area contributed by atoms with Crippen LogP contribution in [0.3, 0.4) is 0 Å². The SMILES string of the molecule is COCCc1ccc(OC(C)(C)C(=O)O)cc1. The molecule has 0 aliphatic rings. The molecule has 1 aromatic carbocycles. The van der Waals surface area contributed by atoms with Crippen LogP contribution in [0.1, 0.15) is 19.4 Å². The van der Waals surface area contributed by atoms with Gasteiger partial charge in [-0.25, -0.2) is 4.79 Å². The molecule has 94 valence electrons. The molecule has 17 heavy (non-hydrogen) atoms. The second-order valence-corrected chi connectivity index (χ2v) is 4.30. The number of benzene rings is 1. The summed E-state index contributed by atoms with van der Waals surface area (Å²) in [6.07, 6.45) is 0.832. The van der Waals surface area contributed by atoms with Crippen molar-refractivity contribution in [2.75, 3.05) is 13.7 Å². The second kappa shape index (κ2) is 5.68. The Labute approximate surface area is 101 Å². The lowest BCUT2D eigenvalue weighted by molar-refractivity contribution is -0.152. The van der Waals surface area contributed by atoms with Gasteiger partial charge in [0.1, 0.15) is 5.75 Å². The van der Waals surface area contributed by atoms with Crippen LogP contribution >= 0.6 is 0 Å². The largest absolute Gasteiger partial charge is 0.478 e. The van der Waals surface area contributed by atoms with Gasteiger partial charge in [0, 0.05) is 7.11 Å². The van der Waals surface area contributed by atoms with Gasteiger partial charge in [-0.2, -0.15) is 0 Å². The maximum Gasteiger partial charge on any atom is 0.347 e. The molecule has 1 aromatic rings. The highest BCUT2D eigenvalue weighted by Gasteiger charge is 2.29. The molecule has 1 N–H and O–H groups in total. The second-order valence-electron chi connectivity index (χ2n) is 4.30. The van der Waals surface area contributed by atoms with Crippen LogP contribution in [0.4, 0.5) is 0 Å². The highest BCUT2D eigenvalue weighted by molar-refractivity contribution is 5.76. The quantitative estimate of drug-likeness (QED) is 0.824. The molecule has 0 aliphatic heterocycles. The van der Waals surface area contributed by atoms with Gasteiger partial charge in [0.05, 0.1) is 6.61 Å². The summed E-state index contributed by atoms with van der Waals surface area (Å²) in [6.45, 7) is 3.71. The molecule has 0 aromatic heterocycles. The number of hydrogen-bond donors (Lipinski definition) is 1. The van der Waals surface area contributed by atoms with Crippen molar-refractivity contribution in [2.24, 2.45) is 0 Å². The van der Waals surface area contributed by atoms with Crippen LogP contribution in [-0.2, 0) is 16.0 Å². The molecule has 0 heterocycles. The summed E-state index contributed by atoms with van der Waals surface area (Å²) in [5.74, 6) is -0.431. The summed E-state index contributed by atoms with van der Waals surface area (Å²) in [5.41, 5.74) is -0.0825. The van der Waals surface area contributed by atoms with Crippen LogP contribution in [0, 0.1) is 0 Å². The van der Waals surface area contributed by atoms with Gasteiger partial charge in [-0.05, 0) is 38.0 Å². The van der Waals surface area contributed by atoms with Crippen molar-refractivity contribution < 1.29 is 19.4 Å². The maximum atomic E-state index is 10.9. The molecular weight excluding hydrogens is 220 g/mol. The number of aliphatic carboxylic acids is 1. The molecule has 0 unspecified atom stereocenters. The monoisotopic (exact) mass is 238 g/mol. The molecule has 0 bridgehead atoms. The molecule has 0 radical (unpaired) electrons. The van der Waals surface area contributed by atoms with Crippen molar-refractivity contribution in [3.63, 3.8) is 0 Å². The Morgan fingerprint density at radius 1 is 1.29 bits per heavy atom. The van der Waals surface area contributed by atoms with E-state index in [4.69, 9.17) is 14.6 Å². The third kappa shape index (κ3) is 4.07. The van der Waals surface area contributed by atoms with E-state index in [0.29, 0.717) is 12.4 Å². The summed E-state index contributed by atoms with van der Waals surface area (Å²) in [6, 6.07) is 7.37. The van der Waals surface area contributed by atoms with E-state index in [-0.39, 0.29) is 0 Å². The fourth-order valence-corrected chi connectivity index (χ4v) is 1.28. The first-order valence-corrected chi connectivity index (χ1v) is 5.46. The Balaban J connectivity index is 2.65. The zero-order chi connectivity index (χ0) is 12.9. The molecule has 0 atom stereocenters. The van der Waals surface area contributed by atoms with Crippen molar-refractivity contribution in [1.29, 1.82) is 0 Å². The van der Waals surface area contributed by atoms with E-state index in [1.165, 1.54) is 13.8 Å². The lowest BCUT2D eigenvalue weighted by Crippen LogP contribution is -2.37. The zero-order valence-corrected chi connectivity index (χ0v) is 10.4. The number of rotatable bonds is 6. The molecule has 0 saturated carbocycles. The number of carboxylic acid groups (broad SMARTS) is 1. The minimum absolute atomic E-state index is 0.554. The van der Waals surface area contributed by atoms with E-state index >= 15 is 0 Å². The average Bonchev–Trinajstić information content (AvgIpc) is 2.27. The minimum atomic E-state index is -1.21. The normalized spacial score (nSPS) is 11.2. The van der Waals surface area contributed by atoms with Gasteiger partial charge in [0.2, 0.25) is 0 Å². The first kappa shape index (κ1) is 13.5. The van der Waals surface area contributed by atoms with Crippen LogP contribution in [0.5, 0.6) is 5.75 Å². The third-order valence-electron chi connectivity index (χ3n) is 2.41. The first-order valence-electron chi connectivity index (χ1n) is 5.46. The number of hydrogen-bond acceptors (Lipinski definition) is 3. The van der Waals surface area contributed by atoms with Gasteiger partial charge in [0.25, 0.3) is 0 Å². The fraction of sp³-hybridized carbons (Fsp3) is 0.462. The Bertz CT molecular complexity index is 368. The van der Waals surface area contributed by atoms with Crippen molar-refractivity contribution in [3.8, 4) is 5.75 Å². The Kier molecular flexibility index (Phi) is 4.52. The molecule has 0 aliphatic carbocycles. The van der Waals surface area contributed by atoms with Gasteiger partial charge in [0.15, 0.2) is 5.60 Å². The van der Waals surface area contributed by atoms with E-state index in [1.807, 2.05) is 12.1 Å². The number of carboxylic acids is 1. The maximum absolute atomic E-state index is 10.9. The van der Waals surface area contributed by atoms with Crippen LogP contribution in [0.15, 0.2) is 24.3 Å². The van der Waals surface area contributed by atoms with Crippen LogP contribution < -0.4 is 4.74 Å². The van der Waals surface area contributed by atoms with Crippen molar-refractivity contribution >= 4 is 5.97 Å². The molecule has 0 fully saturated rings. The lowest BCUT2D eigenvalue weighted by Gasteiger charge is -2.21. The van der Waals surface area contributed by atoms with E-state index in [0.717, 1.165) is 12.0 Å². The molecule has 4 nitrogen and oxygen atoms in total. The third-order valence-corrected chi connectivity index (χ3v) is 2.41. The summed E-state index contributed by atoms with van der Waals surface area (Å²) in [4.78, 5) is 10.9. The number of methoxy groups -OCH3 is 1. The minimum Gasteiger partial charge on any atom is -0.478 e. The fourth-order valence-electron chi connectivity index (χ4n) is 1.28. The van der Waals surface area contributed by atoms with Crippen LogP contribution in [0.25, 0.3) is 0 Å². The van der Waals surface area contributed by atoms with Gasteiger partial charge in [-0.15, -0.1) is 0 Å². The van der Waals surface area contributed by atoms with E-state index in [2.05, 4.69) is 0 Å². The summed E-state index contributed by atoms with van der Waals surface area (Å²) in [5, 5.41) is 8.93. The molecule has 1 rings (SSSR count). The Morgan fingerprint density at radius 2 is 1.88 bits per heavy atom. The van der Waals surface area contributed by atoms with Crippen molar-refractivity contribution in [1.82, 2.24) is 0 Å². The number of carbonyl (C=O) groups is 1. The van der Waals surface area contributed by atoms with Crippen molar-refractivity contribution in [2.45, 2.75) is 25.9 Å². The summed E-state index contributed by atoms with van der Waals surface area (Å²) in [7, 11) is 1.66. The highest BCUT2D eigenvalue weighted by Crippen LogP contribution is 2.19. The molecule has 0 spiro atoms. The standard InChI is InChI=1S/C13H18O4/c1-13(2,12(14)15)17-11-6-4-10(5-7-11)8-9-16-3/h4-7H,8-9H2,1-3H3,(H,14,15). The van der Waals surface area contributed by atoms with Gasteiger partial charge >= 0.3 is 5.97 Å². The highest BCUT2D eigenvalue weighted by atomic mass is 16.5. The van der Waals surface area contributed by atoms with Crippen LogP contribution in [0.2, 0.25) is 0 Å². The lowest BCUT2D eigenvalue weighted by atomic mass is 10.1. The van der Waals surface area contributed by atoms with E-state index in [1.54, 1.807) is 19.2 Å². The molecule has 0 amide bonds. The topological polar surface area (TPSA) is 55.8 Å². The van der Waals surface area contributed by atoms with E-state index in [9.17, 15) is 4.79 Å². The van der Waals surface area contributed by atoms with Gasteiger partial charge in [-0.1, -0.05) is 12.1 Å². The van der Waals surface area contributed by atoms with Gasteiger partial charge in [-0.3, -0.25) is 0 Å². The zero-order valence-electron chi connectivity index (χ0n) is 10.4. The van der Waals surface area contributed by atoms with Crippen molar-refractivity contribution in [3.05, 3.63) is 29.8 Å². The van der Waals surface area contributed by atoms with Crippen LogP contribution in [-0.4, -0.2) is 30.4 Å². The smallest absolute Gasteiger partial charge is 0.347 e. The first-order chi connectivity index (χ1) is 7.95. The van der Waals surface area contributed by atoms with Gasteiger partial charge < -0.3 is 14.6 Å². The predicted octanol–water partition coefficient (Wildman–Crippen LogP) is 2.12. The Hall–Kier alpha value is -1.55. The molecule has 4 heteroatoms. The summed E-state index contributed by atoms with van der Waals surface area (Å²) >= 11 is 0. The average molecular weight is 238 g/mol. The summed E-state index contributed by atoms with van der Waals surface area (Å²) < 4.78 is 10.4. The molecular formula is C13H18O4. The van der Waals surface area contributed by atoms with E-state index < -0.39 is 11.6 Å². The number of ether oxygens (including phenoxy) is 2. The molecule has 0 saturated heterocycles.